The Bertz CT molecular complexity index is 605. The predicted molar refractivity (Wildman–Crippen MR) is 60.5 cm³/mol. The minimum Gasteiger partial charge on any atom is -0.492 e. The molecule has 1 aromatic carbocycles. The van der Waals surface area contributed by atoms with Gasteiger partial charge in [-0.2, -0.15) is 0 Å². The molecule has 16 heavy (non-hydrogen) atoms. The molecular weight excluding hydrogens is 204 g/mol. The van der Waals surface area contributed by atoms with E-state index in [0.717, 1.165) is 16.5 Å². The Morgan fingerprint density at radius 3 is 3.06 bits per heavy atom. The van der Waals surface area contributed by atoms with Crippen LogP contribution in [0.1, 0.15) is 11.1 Å². The van der Waals surface area contributed by atoms with Crippen LogP contribution in [0.5, 0.6) is 5.75 Å². The summed E-state index contributed by atoms with van der Waals surface area (Å²) in [6.45, 7) is 0. The van der Waals surface area contributed by atoms with Crippen LogP contribution < -0.4 is 4.74 Å². The Morgan fingerprint density at radius 2 is 2.25 bits per heavy atom. The van der Waals surface area contributed by atoms with Crippen molar-refractivity contribution in [2.75, 3.05) is 7.11 Å². The van der Waals surface area contributed by atoms with Crippen molar-refractivity contribution in [3.8, 4) is 5.75 Å². The second-order valence-electron chi connectivity index (χ2n) is 3.79. The molecule has 0 aliphatic heterocycles. The number of carbonyl (C=O) groups excluding carboxylic acids is 1. The summed E-state index contributed by atoms with van der Waals surface area (Å²) in [5, 5.41) is 0.995. The minimum absolute atomic E-state index is 0.0942. The average Bonchev–Trinajstić information content (AvgIpc) is 2.73. The quantitative estimate of drug-likeness (QED) is 0.732. The summed E-state index contributed by atoms with van der Waals surface area (Å²) in [7, 11) is 1.60. The van der Waals surface area contributed by atoms with E-state index in [0.29, 0.717) is 17.8 Å². The van der Waals surface area contributed by atoms with Crippen LogP contribution in [0, 0.1) is 0 Å². The molecule has 0 amide bonds. The zero-order chi connectivity index (χ0) is 11.1. The molecular formula is C13H10O3. The van der Waals surface area contributed by atoms with Crippen molar-refractivity contribution in [1.29, 1.82) is 0 Å². The maximum atomic E-state index is 11.4. The van der Waals surface area contributed by atoms with Crippen LogP contribution in [0.3, 0.4) is 0 Å². The molecule has 0 fully saturated rings. The van der Waals surface area contributed by atoms with E-state index in [1.54, 1.807) is 19.4 Å². The summed E-state index contributed by atoms with van der Waals surface area (Å²) in [5.41, 5.74) is 2.66. The fraction of sp³-hybridized carbons (Fsp3) is 0.154. The first-order chi connectivity index (χ1) is 7.79. The molecule has 0 saturated carbocycles. The maximum absolute atomic E-state index is 11.4. The van der Waals surface area contributed by atoms with E-state index in [-0.39, 0.29) is 5.78 Å². The lowest BCUT2D eigenvalue weighted by Gasteiger charge is -2.14. The molecule has 80 valence electrons. The summed E-state index contributed by atoms with van der Waals surface area (Å²) >= 11 is 0. The highest BCUT2D eigenvalue weighted by molar-refractivity contribution is 6.01. The molecule has 1 aliphatic rings. The van der Waals surface area contributed by atoms with Crippen molar-refractivity contribution < 1.29 is 13.9 Å². The van der Waals surface area contributed by atoms with E-state index >= 15 is 0 Å². The maximum Gasteiger partial charge on any atom is 0.176 e. The topological polar surface area (TPSA) is 39.4 Å². The molecule has 2 aromatic rings. The molecule has 0 spiro atoms. The van der Waals surface area contributed by atoms with E-state index in [1.165, 1.54) is 0 Å². The number of ether oxygens (including phenoxy) is 1. The monoisotopic (exact) mass is 214 g/mol. The van der Waals surface area contributed by atoms with Gasteiger partial charge in [-0.1, -0.05) is 6.08 Å². The van der Waals surface area contributed by atoms with Crippen LogP contribution in [0.15, 0.2) is 28.9 Å². The SMILES string of the molecule is COc1c2c(cc3ccoc13)C=CC(=O)C2. The highest BCUT2D eigenvalue weighted by Crippen LogP contribution is 2.35. The predicted octanol–water partition coefficient (Wildman–Crippen LogP) is 2.58. The van der Waals surface area contributed by atoms with Crippen LogP contribution >= 0.6 is 0 Å². The van der Waals surface area contributed by atoms with Crippen molar-refractivity contribution in [3.05, 3.63) is 35.6 Å². The lowest BCUT2D eigenvalue weighted by molar-refractivity contribution is -0.114. The molecule has 3 rings (SSSR count). The van der Waals surface area contributed by atoms with Crippen LogP contribution in [-0.4, -0.2) is 12.9 Å². The van der Waals surface area contributed by atoms with Gasteiger partial charge in [0.2, 0.25) is 0 Å². The second kappa shape index (κ2) is 3.23. The summed E-state index contributed by atoms with van der Waals surface area (Å²) in [6, 6.07) is 3.90. The van der Waals surface area contributed by atoms with Gasteiger partial charge >= 0.3 is 0 Å². The third-order valence-electron chi connectivity index (χ3n) is 2.84. The van der Waals surface area contributed by atoms with Crippen LogP contribution in [-0.2, 0) is 11.2 Å². The number of fused-ring (bicyclic) bond motifs is 2. The molecule has 1 heterocycles. The number of ketones is 1. The van der Waals surface area contributed by atoms with E-state index < -0.39 is 0 Å². The number of rotatable bonds is 1. The fourth-order valence-corrected chi connectivity index (χ4v) is 2.10. The molecule has 0 atom stereocenters. The lowest BCUT2D eigenvalue weighted by atomic mass is 9.94. The van der Waals surface area contributed by atoms with Gasteiger partial charge in [0.25, 0.3) is 0 Å². The van der Waals surface area contributed by atoms with Gasteiger partial charge in [-0.15, -0.1) is 0 Å². The first-order valence-corrected chi connectivity index (χ1v) is 5.07. The third-order valence-corrected chi connectivity index (χ3v) is 2.84. The van der Waals surface area contributed by atoms with E-state index in [9.17, 15) is 4.79 Å². The number of benzene rings is 1. The number of hydrogen-bond acceptors (Lipinski definition) is 3. The highest BCUT2D eigenvalue weighted by atomic mass is 16.5. The van der Waals surface area contributed by atoms with Crippen LogP contribution in [0.25, 0.3) is 17.0 Å². The van der Waals surface area contributed by atoms with Gasteiger partial charge in [0.1, 0.15) is 0 Å². The highest BCUT2D eigenvalue weighted by Gasteiger charge is 2.19. The van der Waals surface area contributed by atoms with Crippen LogP contribution in [0.2, 0.25) is 0 Å². The largest absolute Gasteiger partial charge is 0.492 e. The number of hydrogen-bond donors (Lipinski definition) is 0. The molecule has 3 nitrogen and oxygen atoms in total. The van der Waals surface area contributed by atoms with E-state index in [4.69, 9.17) is 9.15 Å². The number of allylic oxidation sites excluding steroid dienone is 1. The smallest absolute Gasteiger partial charge is 0.176 e. The van der Waals surface area contributed by atoms with Gasteiger partial charge in [-0.25, -0.2) is 0 Å². The van der Waals surface area contributed by atoms with Gasteiger partial charge in [0.05, 0.1) is 13.4 Å². The number of carbonyl (C=O) groups is 1. The van der Waals surface area contributed by atoms with Crippen molar-refractivity contribution in [2.24, 2.45) is 0 Å². The standard InChI is InChI=1S/C13H10O3/c1-15-13-11-7-10(14)3-2-8(11)6-9-4-5-16-12(9)13/h2-6H,7H2,1H3. The normalized spacial score (nSPS) is 14.2. The molecule has 0 N–H and O–H groups in total. The Labute approximate surface area is 92.3 Å². The first kappa shape index (κ1) is 9.21. The van der Waals surface area contributed by atoms with Gasteiger partial charge < -0.3 is 9.15 Å². The van der Waals surface area contributed by atoms with E-state index in [2.05, 4.69) is 0 Å². The van der Waals surface area contributed by atoms with Crippen molar-refractivity contribution in [1.82, 2.24) is 0 Å². The Morgan fingerprint density at radius 1 is 1.38 bits per heavy atom. The minimum atomic E-state index is 0.0942. The van der Waals surface area contributed by atoms with Gasteiger partial charge in [0.15, 0.2) is 17.1 Å². The molecule has 0 unspecified atom stereocenters. The number of methoxy groups -OCH3 is 1. The average molecular weight is 214 g/mol. The van der Waals surface area contributed by atoms with Gasteiger partial charge in [0, 0.05) is 17.4 Å². The first-order valence-electron chi connectivity index (χ1n) is 5.07. The number of furan rings is 1. The molecule has 0 radical (unpaired) electrons. The summed E-state index contributed by atoms with van der Waals surface area (Å²) in [6.07, 6.45) is 5.44. The summed E-state index contributed by atoms with van der Waals surface area (Å²) in [4.78, 5) is 11.4. The van der Waals surface area contributed by atoms with Gasteiger partial charge in [-0.3, -0.25) is 4.79 Å². The Hall–Kier alpha value is -2.03. The van der Waals surface area contributed by atoms with Gasteiger partial charge in [-0.05, 0) is 23.8 Å². The second-order valence-corrected chi connectivity index (χ2v) is 3.79. The Balaban J connectivity index is 2.38. The zero-order valence-electron chi connectivity index (χ0n) is 8.82. The molecule has 0 bridgehead atoms. The fourth-order valence-electron chi connectivity index (χ4n) is 2.10. The van der Waals surface area contributed by atoms with E-state index in [1.807, 2.05) is 18.2 Å². The molecule has 3 heteroatoms. The lowest BCUT2D eigenvalue weighted by Crippen LogP contribution is -2.07. The summed E-state index contributed by atoms with van der Waals surface area (Å²) in [5.74, 6) is 0.770. The van der Waals surface area contributed by atoms with Crippen LogP contribution in [0.4, 0.5) is 0 Å². The van der Waals surface area contributed by atoms with Crippen molar-refractivity contribution in [2.45, 2.75) is 6.42 Å². The zero-order valence-corrected chi connectivity index (χ0v) is 8.82. The Kier molecular flexibility index (Phi) is 1.86. The molecule has 1 aromatic heterocycles. The van der Waals surface area contributed by atoms with Crippen molar-refractivity contribution >= 4 is 22.8 Å². The summed E-state index contributed by atoms with van der Waals surface area (Å²) < 4.78 is 10.7. The molecule has 0 saturated heterocycles. The van der Waals surface area contributed by atoms with Crippen molar-refractivity contribution in [3.63, 3.8) is 0 Å². The third kappa shape index (κ3) is 1.18. The molecule has 1 aliphatic carbocycles.